The number of nitrogens with zero attached hydrogens (tertiary/aromatic N) is 3. The van der Waals surface area contributed by atoms with Gasteiger partial charge in [-0.3, -0.25) is 4.99 Å². The van der Waals surface area contributed by atoms with Gasteiger partial charge >= 0.3 is 0 Å². The van der Waals surface area contributed by atoms with E-state index < -0.39 is 0 Å². The van der Waals surface area contributed by atoms with Gasteiger partial charge in [0.25, 0.3) is 0 Å². The van der Waals surface area contributed by atoms with Crippen LogP contribution >= 0.6 is 47.1 Å². The van der Waals surface area contributed by atoms with Gasteiger partial charge in [0.1, 0.15) is 0 Å². The van der Waals surface area contributed by atoms with Crippen LogP contribution in [0, 0.1) is 0 Å². The number of anilines is 1. The molecule has 0 amide bonds. The molecule has 0 spiro atoms. The van der Waals surface area contributed by atoms with Crippen molar-refractivity contribution in [3.8, 4) is 0 Å². The molecule has 0 aromatic carbocycles. The van der Waals surface area contributed by atoms with Gasteiger partial charge in [0.15, 0.2) is 11.1 Å². The molecule has 2 aliphatic heterocycles. The summed E-state index contributed by atoms with van der Waals surface area (Å²) in [5.41, 5.74) is 1.19. The molecular formula is C16H28IN5S2. The van der Waals surface area contributed by atoms with E-state index >= 15 is 0 Å². The fourth-order valence-electron chi connectivity index (χ4n) is 3.01. The minimum absolute atomic E-state index is 0. The maximum absolute atomic E-state index is 4.76. The van der Waals surface area contributed by atoms with Crippen LogP contribution in [0.1, 0.15) is 31.4 Å². The molecule has 0 radical (unpaired) electrons. The average molecular weight is 481 g/mol. The van der Waals surface area contributed by atoms with Gasteiger partial charge in [-0.1, -0.05) is 0 Å². The van der Waals surface area contributed by atoms with Crippen LogP contribution in [0.15, 0.2) is 10.4 Å². The Morgan fingerprint density at radius 3 is 2.88 bits per heavy atom. The smallest absolute Gasteiger partial charge is 0.191 e. The molecule has 1 aromatic heterocycles. The minimum Gasteiger partial charge on any atom is -0.356 e. The molecule has 2 aliphatic rings. The van der Waals surface area contributed by atoms with Crippen LogP contribution in [0.3, 0.4) is 0 Å². The standard InChI is InChI=1S/C16H27N5S2.HI/c1-17-15(19-11-14-5-4-10-22-14)18-7-6-13-12-23-16(20-13)21-8-2-3-9-21;/h12,14H,2-11H2,1H3,(H2,17,18,19);1H. The zero-order valence-electron chi connectivity index (χ0n) is 14.3. The van der Waals surface area contributed by atoms with Crippen LogP contribution in [0.2, 0.25) is 0 Å². The van der Waals surface area contributed by atoms with Gasteiger partial charge in [-0.05, 0) is 31.4 Å². The first-order valence-corrected chi connectivity index (χ1v) is 10.5. The minimum atomic E-state index is 0. The second kappa shape index (κ2) is 10.7. The van der Waals surface area contributed by atoms with Crippen LogP contribution in [0.5, 0.6) is 0 Å². The van der Waals surface area contributed by atoms with Gasteiger partial charge in [-0.2, -0.15) is 11.8 Å². The Morgan fingerprint density at radius 2 is 2.17 bits per heavy atom. The highest BCUT2D eigenvalue weighted by Crippen LogP contribution is 2.25. The zero-order valence-corrected chi connectivity index (χ0v) is 18.3. The van der Waals surface area contributed by atoms with E-state index in [1.54, 1.807) is 11.3 Å². The quantitative estimate of drug-likeness (QED) is 0.372. The molecule has 136 valence electrons. The van der Waals surface area contributed by atoms with E-state index in [0.29, 0.717) is 0 Å². The van der Waals surface area contributed by atoms with Gasteiger partial charge < -0.3 is 15.5 Å². The normalized spacial score (nSPS) is 21.0. The lowest BCUT2D eigenvalue weighted by molar-refractivity contribution is 0.723. The maximum atomic E-state index is 4.76. The Labute approximate surface area is 170 Å². The van der Waals surface area contributed by atoms with E-state index in [1.807, 2.05) is 7.05 Å². The van der Waals surface area contributed by atoms with E-state index in [-0.39, 0.29) is 24.0 Å². The van der Waals surface area contributed by atoms with Crippen molar-refractivity contribution in [2.75, 3.05) is 43.9 Å². The Kier molecular flexibility index (Phi) is 8.96. The molecule has 2 N–H and O–H groups in total. The average Bonchev–Trinajstić information content (AvgIpc) is 3.32. The van der Waals surface area contributed by atoms with Gasteiger partial charge in [0.05, 0.1) is 5.69 Å². The number of thiazole rings is 1. The number of nitrogens with one attached hydrogen (secondary N) is 2. The number of halogens is 1. The van der Waals surface area contributed by atoms with E-state index in [0.717, 1.165) is 30.7 Å². The van der Waals surface area contributed by atoms with Crippen molar-refractivity contribution in [1.82, 2.24) is 15.6 Å². The van der Waals surface area contributed by atoms with Crippen molar-refractivity contribution < 1.29 is 0 Å². The predicted octanol–water partition coefficient (Wildman–Crippen LogP) is 2.96. The fraction of sp³-hybridized carbons (Fsp3) is 0.750. The first-order chi connectivity index (χ1) is 11.3. The van der Waals surface area contributed by atoms with Crippen LogP contribution in [0.25, 0.3) is 0 Å². The topological polar surface area (TPSA) is 52.6 Å². The number of guanidine groups is 1. The molecule has 0 saturated carbocycles. The van der Waals surface area contributed by atoms with Crippen molar-refractivity contribution >= 4 is 58.2 Å². The van der Waals surface area contributed by atoms with E-state index in [1.165, 1.54) is 55.4 Å². The number of hydrogen-bond acceptors (Lipinski definition) is 5. The monoisotopic (exact) mass is 481 g/mol. The number of thioether (sulfide) groups is 1. The summed E-state index contributed by atoms with van der Waals surface area (Å²) in [4.78, 5) is 11.5. The molecule has 2 saturated heterocycles. The van der Waals surface area contributed by atoms with Gasteiger partial charge in [-0.15, -0.1) is 35.3 Å². The van der Waals surface area contributed by atoms with Crippen LogP contribution in [0.4, 0.5) is 5.13 Å². The molecule has 8 heteroatoms. The SMILES string of the molecule is CN=C(NCCc1csc(N2CCCC2)n1)NCC1CCCS1.I. The summed E-state index contributed by atoms with van der Waals surface area (Å²) in [6.07, 6.45) is 6.23. The molecule has 1 atom stereocenters. The number of aromatic nitrogens is 1. The lowest BCUT2D eigenvalue weighted by Gasteiger charge is -2.14. The summed E-state index contributed by atoms with van der Waals surface area (Å²) in [6.45, 7) is 4.22. The summed E-state index contributed by atoms with van der Waals surface area (Å²) in [6, 6.07) is 0. The van der Waals surface area contributed by atoms with E-state index in [4.69, 9.17) is 4.98 Å². The van der Waals surface area contributed by atoms with Crippen LogP contribution < -0.4 is 15.5 Å². The molecule has 1 aromatic rings. The van der Waals surface area contributed by atoms with Crippen molar-refractivity contribution in [3.63, 3.8) is 0 Å². The summed E-state index contributed by atoms with van der Waals surface area (Å²) < 4.78 is 0. The molecular weight excluding hydrogens is 453 g/mol. The lowest BCUT2D eigenvalue weighted by atomic mass is 10.2. The molecule has 3 heterocycles. The number of aliphatic imine (C=N–C) groups is 1. The summed E-state index contributed by atoms with van der Waals surface area (Å²) in [5, 5.41) is 11.0. The second-order valence-corrected chi connectivity index (χ2v) is 8.33. The van der Waals surface area contributed by atoms with Crippen molar-refractivity contribution in [2.24, 2.45) is 4.99 Å². The summed E-state index contributed by atoms with van der Waals surface area (Å²) >= 11 is 3.85. The summed E-state index contributed by atoms with van der Waals surface area (Å²) in [7, 11) is 1.84. The largest absolute Gasteiger partial charge is 0.356 e. The Bertz CT molecular complexity index is 510. The molecule has 0 bridgehead atoms. The zero-order chi connectivity index (χ0) is 15.9. The Balaban J connectivity index is 0.00000208. The Hall–Kier alpha value is -0.220. The third-order valence-corrected chi connectivity index (χ3v) is 6.68. The van der Waals surface area contributed by atoms with Gasteiger partial charge in [0.2, 0.25) is 0 Å². The third-order valence-electron chi connectivity index (χ3n) is 4.33. The third kappa shape index (κ3) is 5.94. The molecule has 24 heavy (non-hydrogen) atoms. The van der Waals surface area contributed by atoms with Crippen molar-refractivity contribution in [2.45, 2.75) is 37.4 Å². The van der Waals surface area contributed by atoms with Crippen molar-refractivity contribution in [1.29, 1.82) is 0 Å². The first-order valence-electron chi connectivity index (χ1n) is 8.60. The van der Waals surface area contributed by atoms with Crippen LogP contribution in [-0.4, -0.2) is 55.2 Å². The fourth-order valence-corrected chi connectivity index (χ4v) is 5.12. The van der Waals surface area contributed by atoms with Gasteiger partial charge in [-0.25, -0.2) is 4.98 Å². The molecule has 3 rings (SSSR count). The highest BCUT2D eigenvalue weighted by Gasteiger charge is 2.16. The molecule has 1 unspecified atom stereocenters. The Morgan fingerprint density at radius 1 is 1.33 bits per heavy atom. The lowest BCUT2D eigenvalue weighted by Crippen LogP contribution is -2.40. The van der Waals surface area contributed by atoms with E-state index in [9.17, 15) is 0 Å². The van der Waals surface area contributed by atoms with Crippen molar-refractivity contribution in [3.05, 3.63) is 11.1 Å². The predicted molar refractivity (Wildman–Crippen MR) is 118 cm³/mol. The highest BCUT2D eigenvalue weighted by molar-refractivity contribution is 14.0. The first kappa shape index (κ1) is 20.1. The van der Waals surface area contributed by atoms with Crippen LogP contribution in [-0.2, 0) is 6.42 Å². The highest BCUT2D eigenvalue weighted by atomic mass is 127. The molecule has 5 nitrogen and oxygen atoms in total. The maximum Gasteiger partial charge on any atom is 0.191 e. The molecule has 0 aliphatic carbocycles. The molecule has 2 fully saturated rings. The van der Waals surface area contributed by atoms with Gasteiger partial charge in [0, 0.05) is 50.3 Å². The number of rotatable bonds is 6. The number of hydrogen-bond donors (Lipinski definition) is 2. The second-order valence-electron chi connectivity index (χ2n) is 6.08. The van der Waals surface area contributed by atoms with E-state index in [2.05, 4.69) is 37.7 Å². The summed E-state index contributed by atoms with van der Waals surface area (Å²) in [5.74, 6) is 2.22.